The van der Waals surface area contributed by atoms with Gasteiger partial charge in [-0.05, 0) is 38.5 Å². The molecule has 1 aromatic heterocycles. The molecule has 0 radical (unpaired) electrons. The second-order valence-electron chi connectivity index (χ2n) is 5.39. The summed E-state index contributed by atoms with van der Waals surface area (Å²) in [7, 11) is 0. The quantitative estimate of drug-likeness (QED) is 0.737. The fourth-order valence-electron chi connectivity index (χ4n) is 2.57. The predicted octanol–water partition coefficient (Wildman–Crippen LogP) is 4.77. The Balaban J connectivity index is 2.32. The average molecular weight is 299 g/mol. The van der Waals surface area contributed by atoms with Crippen molar-refractivity contribution in [1.82, 2.24) is 4.90 Å². The van der Waals surface area contributed by atoms with E-state index in [1.165, 1.54) is 0 Å². The number of nitrogens with zero attached hydrogens (tertiary/aromatic N) is 1. The maximum atomic E-state index is 12.7. The highest BCUT2D eigenvalue weighted by atomic mass is 16.3. The topological polar surface area (TPSA) is 33.5 Å². The smallest absolute Gasteiger partial charge is 0.254 e. The lowest BCUT2D eigenvalue weighted by atomic mass is 10.0. The Labute approximate surface area is 132 Å². The number of furan rings is 1. The van der Waals surface area contributed by atoms with Gasteiger partial charge in [0.25, 0.3) is 5.91 Å². The zero-order valence-electron chi connectivity index (χ0n) is 13.8. The summed E-state index contributed by atoms with van der Waals surface area (Å²) in [6.07, 6.45) is 3.21. The Hall–Kier alpha value is -2.03. The molecule has 1 heterocycles. The Kier molecular flexibility index (Phi) is 5.82. The van der Waals surface area contributed by atoms with Crippen molar-refractivity contribution in [2.45, 2.75) is 40.0 Å². The number of amides is 1. The molecule has 3 nitrogen and oxygen atoms in total. The van der Waals surface area contributed by atoms with Crippen molar-refractivity contribution in [2.24, 2.45) is 0 Å². The molecule has 0 saturated carbocycles. The number of benzene rings is 1. The third kappa shape index (κ3) is 3.59. The van der Waals surface area contributed by atoms with Crippen LogP contribution in [0.2, 0.25) is 0 Å². The number of carbonyl (C=O) groups is 1. The molecule has 0 spiro atoms. The molecule has 0 aliphatic carbocycles. The molecular formula is C19H25NO2. The van der Waals surface area contributed by atoms with E-state index >= 15 is 0 Å². The summed E-state index contributed by atoms with van der Waals surface area (Å²) in [6.45, 7) is 7.59. The molecule has 0 aliphatic rings. The van der Waals surface area contributed by atoms with E-state index in [0.29, 0.717) is 18.7 Å². The molecule has 0 atom stereocenters. The largest absolute Gasteiger partial charge is 0.461 e. The van der Waals surface area contributed by atoms with Gasteiger partial charge < -0.3 is 9.32 Å². The normalized spacial score (nSPS) is 10.7. The van der Waals surface area contributed by atoms with Gasteiger partial charge in [-0.15, -0.1) is 0 Å². The maximum Gasteiger partial charge on any atom is 0.254 e. The van der Waals surface area contributed by atoms with Crippen LogP contribution in [0.3, 0.4) is 0 Å². The summed E-state index contributed by atoms with van der Waals surface area (Å²) in [4.78, 5) is 14.5. The summed E-state index contributed by atoms with van der Waals surface area (Å²) in [6, 6.07) is 11.7. The van der Waals surface area contributed by atoms with Crippen molar-refractivity contribution in [3.05, 3.63) is 47.7 Å². The first-order valence-corrected chi connectivity index (χ1v) is 8.18. The molecule has 22 heavy (non-hydrogen) atoms. The van der Waals surface area contributed by atoms with Gasteiger partial charge in [0.2, 0.25) is 0 Å². The molecule has 118 valence electrons. The SMILES string of the molecule is CCCCc1ccc(-c2ccccc2C(=O)N(CC)CC)o1. The standard InChI is InChI=1S/C19H25NO2/c1-4-7-10-15-13-14-18(22-15)16-11-8-9-12-17(16)19(21)20(5-2)6-3/h8-9,11-14H,4-7,10H2,1-3H3. The zero-order chi connectivity index (χ0) is 15.9. The van der Waals surface area contributed by atoms with Crippen LogP contribution >= 0.6 is 0 Å². The van der Waals surface area contributed by atoms with Gasteiger partial charge in [0, 0.05) is 25.1 Å². The lowest BCUT2D eigenvalue weighted by Gasteiger charge is -2.19. The van der Waals surface area contributed by atoms with Crippen LogP contribution < -0.4 is 0 Å². The molecule has 0 fully saturated rings. The van der Waals surface area contributed by atoms with Crippen LogP contribution in [0.5, 0.6) is 0 Å². The number of rotatable bonds is 7. The molecule has 2 rings (SSSR count). The molecule has 1 amide bonds. The summed E-state index contributed by atoms with van der Waals surface area (Å²) in [5.74, 6) is 1.83. The molecule has 0 bridgehead atoms. The Morgan fingerprint density at radius 1 is 1.05 bits per heavy atom. The van der Waals surface area contributed by atoms with Gasteiger partial charge in [-0.1, -0.05) is 31.5 Å². The first-order valence-electron chi connectivity index (χ1n) is 8.18. The Morgan fingerprint density at radius 2 is 1.77 bits per heavy atom. The van der Waals surface area contributed by atoms with E-state index in [1.807, 2.05) is 55.1 Å². The molecule has 3 heteroatoms. The monoisotopic (exact) mass is 299 g/mol. The van der Waals surface area contributed by atoms with Crippen LogP contribution in [0.15, 0.2) is 40.8 Å². The maximum absolute atomic E-state index is 12.7. The highest BCUT2D eigenvalue weighted by Gasteiger charge is 2.18. The van der Waals surface area contributed by atoms with Crippen LogP contribution in [0.4, 0.5) is 0 Å². The lowest BCUT2D eigenvalue weighted by molar-refractivity contribution is 0.0773. The van der Waals surface area contributed by atoms with Crippen molar-refractivity contribution < 1.29 is 9.21 Å². The van der Waals surface area contributed by atoms with Gasteiger partial charge >= 0.3 is 0 Å². The zero-order valence-corrected chi connectivity index (χ0v) is 13.8. The summed E-state index contributed by atoms with van der Waals surface area (Å²) < 4.78 is 5.94. The van der Waals surface area contributed by atoms with Gasteiger partial charge in [-0.25, -0.2) is 0 Å². The molecule has 2 aromatic rings. The second kappa shape index (κ2) is 7.83. The van der Waals surface area contributed by atoms with E-state index in [0.717, 1.165) is 36.3 Å². The van der Waals surface area contributed by atoms with Crippen LogP contribution in [0.25, 0.3) is 11.3 Å². The van der Waals surface area contributed by atoms with E-state index in [1.54, 1.807) is 0 Å². The number of hydrogen-bond donors (Lipinski definition) is 0. The first kappa shape index (κ1) is 16.3. The molecule has 0 saturated heterocycles. The summed E-state index contributed by atoms with van der Waals surface area (Å²) >= 11 is 0. The van der Waals surface area contributed by atoms with Gasteiger partial charge in [0.1, 0.15) is 11.5 Å². The average Bonchev–Trinajstić information content (AvgIpc) is 3.02. The van der Waals surface area contributed by atoms with Crippen LogP contribution in [-0.4, -0.2) is 23.9 Å². The highest BCUT2D eigenvalue weighted by Crippen LogP contribution is 2.27. The third-order valence-corrected chi connectivity index (χ3v) is 3.91. The first-order chi connectivity index (χ1) is 10.7. The highest BCUT2D eigenvalue weighted by molar-refractivity contribution is 6.00. The summed E-state index contributed by atoms with van der Waals surface area (Å²) in [5.41, 5.74) is 1.59. The molecule has 0 N–H and O–H groups in total. The number of unbranched alkanes of at least 4 members (excludes halogenated alkanes) is 1. The van der Waals surface area contributed by atoms with E-state index in [2.05, 4.69) is 6.92 Å². The number of aryl methyl sites for hydroxylation is 1. The van der Waals surface area contributed by atoms with Crippen molar-refractivity contribution in [2.75, 3.05) is 13.1 Å². The molecule has 0 unspecified atom stereocenters. The molecular weight excluding hydrogens is 274 g/mol. The fraction of sp³-hybridized carbons (Fsp3) is 0.421. The van der Waals surface area contributed by atoms with E-state index < -0.39 is 0 Å². The van der Waals surface area contributed by atoms with Gasteiger partial charge in [-0.2, -0.15) is 0 Å². The minimum Gasteiger partial charge on any atom is -0.461 e. The van der Waals surface area contributed by atoms with E-state index in [-0.39, 0.29) is 5.91 Å². The van der Waals surface area contributed by atoms with E-state index in [9.17, 15) is 4.79 Å². The Bertz CT molecular complexity index is 611. The van der Waals surface area contributed by atoms with Crippen LogP contribution in [0.1, 0.15) is 49.7 Å². The van der Waals surface area contributed by atoms with Crippen molar-refractivity contribution in [1.29, 1.82) is 0 Å². The van der Waals surface area contributed by atoms with Gasteiger partial charge in [-0.3, -0.25) is 4.79 Å². The van der Waals surface area contributed by atoms with Crippen molar-refractivity contribution in [3.63, 3.8) is 0 Å². The third-order valence-electron chi connectivity index (χ3n) is 3.91. The van der Waals surface area contributed by atoms with Gasteiger partial charge in [0.05, 0.1) is 5.56 Å². The van der Waals surface area contributed by atoms with Crippen molar-refractivity contribution in [3.8, 4) is 11.3 Å². The van der Waals surface area contributed by atoms with Crippen LogP contribution in [0, 0.1) is 0 Å². The Morgan fingerprint density at radius 3 is 2.45 bits per heavy atom. The minimum absolute atomic E-state index is 0.0621. The van der Waals surface area contributed by atoms with Crippen LogP contribution in [-0.2, 0) is 6.42 Å². The minimum atomic E-state index is 0.0621. The predicted molar refractivity (Wildman–Crippen MR) is 90.0 cm³/mol. The fourth-order valence-corrected chi connectivity index (χ4v) is 2.57. The summed E-state index contributed by atoms with van der Waals surface area (Å²) in [5, 5.41) is 0. The number of carbonyl (C=O) groups excluding carboxylic acids is 1. The second-order valence-corrected chi connectivity index (χ2v) is 5.39. The van der Waals surface area contributed by atoms with Gasteiger partial charge in [0.15, 0.2) is 0 Å². The number of hydrogen-bond acceptors (Lipinski definition) is 2. The van der Waals surface area contributed by atoms with Crippen molar-refractivity contribution >= 4 is 5.91 Å². The molecule has 1 aromatic carbocycles. The molecule has 0 aliphatic heterocycles. The lowest BCUT2D eigenvalue weighted by Crippen LogP contribution is -2.30. The van der Waals surface area contributed by atoms with E-state index in [4.69, 9.17) is 4.42 Å².